The fourth-order valence-corrected chi connectivity index (χ4v) is 4.42. The molecule has 3 N–H and O–H groups in total. The average molecular weight is 414 g/mol. The Labute approximate surface area is 169 Å². The second-order valence-electron chi connectivity index (χ2n) is 6.70. The number of hydrogen-bond donors (Lipinski definition) is 2. The summed E-state index contributed by atoms with van der Waals surface area (Å²) in [6.45, 7) is 1.51. The van der Waals surface area contributed by atoms with E-state index in [0.717, 1.165) is 6.07 Å². The van der Waals surface area contributed by atoms with E-state index in [1.807, 2.05) is 0 Å². The minimum atomic E-state index is -1.35. The van der Waals surface area contributed by atoms with E-state index in [2.05, 4.69) is 5.32 Å². The number of nitrogens with two attached hydrogens (primary N) is 1. The molecule has 2 atom stereocenters. The van der Waals surface area contributed by atoms with Crippen LogP contribution in [0.1, 0.15) is 22.9 Å². The van der Waals surface area contributed by atoms with Gasteiger partial charge in [0.25, 0.3) is 0 Å². The van der Waals surface area contributed by atoms with Crippen LogP contribution in [0.2, 0.25) is 0 Å². The fourth-order valence-electron chi connectivity index (χ4n) is 3.46. The molecule has 1 aromatic heterocycles. The van der Waals surface area contributed by atoms with Crippen molar-refractivity contribution in [2.24, 2.45) is 5.73 Å². The average Bonchev–Trinajstić information content (AvgIpc) is 3.32. The molecule has 2 heterocycles. The summed E-state index contributed by atoms with van der Waals surface area (Å²) in [6.07, 6.45) is 0. The number of benzene rings is 2. The zero-order chi connectivity index (χ0) is 20.8. The molecule has 8 heteroatoms. The number of carbonyl (C=O) groups excluding carboxylic acids is 2. The third kappa shape index (κ3) is 2.92. The molecule has 1 aliphatic rings. The molecule has 2 aromatic carbocycles. The molecule has 1 aliphatic heterocycles. The first-order valence-corrected chi connectivity index (χ1v) is 9.65. The summed E-state index contributed by atoms with van der Waals surface area (Å²) in [7, 11) is 0. The summed E-state index contributed by atoms with van der Waals surface area (Å²) >= 11 is 1.33. The molecule has 0 radical (unpaired) electrons. The predicted molar refractivity (Wildman–Crippen MR) is 105 cm³/mol. The summed E-state index contributed by atoms with van der Waals surface area (Å²) in [4.78, 5) is 25.5. The highest BCUT2D eigenvalue weighted by Gasteiger charge is 2.51. The van der Waals surface area contributed by atoms with Crippen molar-refractivity contribution in [3.63, 3.8) is 0 Å². The Morgan fingerprint density at radius 1 is 1.17 bits per heavy atom. The van der Waals surface area contributed by atoms with E-state index in [1.54, 1.807) is 29.6 Å². The van der Waals surface area contributed by atoms with Crippen molar-refractivity contribution in [3.05, 3.63) is 81.5 Å². The quantitative estimate of drug-likeness (QED) is 0.505. The van der Waals surface area contributed by atoms with Gasteiger partial charge in [0, 0.05) is 10.4 Å². The van der Waals surface area contributed by atoms with Gasteiger partial charge in [-0.05, 0) is 42.1 Å². The summed E-state index contributed by atoms with van der Waals surface area (Å²) in [5.74, 6) is -2.95. The number of rotatable bonds is 4. The number of amides is 1. The van der Waals surface area contributed by atoms with Crippen molar-refractivity contribution in [1.29, 1.82) is 0 Å². The molecule has 0 aliphatic carbocycles. The van der Waals surface area contributed by atoms with Crippen molar-refractivity contribution < 1.29 is 23.1 Å². The van der Waals surface area contributed by atoms with Crippen LogP contribution in [0.4, 0.5) is 14.5 Å². The number of hydrogen-bond acceptors (Lipinski definition) is 5. The van der Waals surface area contributed by atoms with Gasteiger partial charge >= 0.3 is 5.97 Å². The van der Waals surface area contributed by atoms with Crippen LogP contribution in [0, 0.1) is 11.6 Å². The number of esters is 1. The van der Waals surface area contributed by atoms with Crippen molar-refractivity contribution in [2.45, 2.75) is 18.4 Å². The van der Waals surface area contributed by atoms with Gasteiger partial charge in [0.05, 0.1) is 5.69 Å². The second-order valence-corrected chi connectivity index (χ2v) is 7.65. The van der Waals surface area contributed by atoms with Gasteiger partial charge in [-0.15, -0.1) is 11.3 Å². The molecule has 5 nitrogen and oxygen atoms in total. The lowest BCUT2D eigenvalue weighted by atomic mass is 9.74. The molecule has 0 fully saturated rings. The lowest BCUT2D eigenvalue weighted by molar-refractivity contribution is -0.135. The van der Waals surface area contributed by atoms with Gasteiger partial charge < -0.3 is 15.8 Å². The molecule has 3 aromatic rings. The molecule has 29 heavy (non-hydrogen) atoms. The summed E-state index contributed by atoms with van der Waals surface area (Å²) in [6, 6.07) is 11.5. The van der Waals surface area contributed by atoms with Crippen LogP contribution < -0.4 is 15.8 Å². The van der Waals surface area contributed by atoms with Crippen LogP contribution in [0.15, 0.2) is 53.9 Å². The van der Waals surface area contributed by atoms with Crippen LogP contribution in [0.5, 0.6) is 5.75 Å². The minimum Gasteiger partial charge on any atom is -0.425 e. The maximum absolute atomic E-state index is 14.4. The zero-order valence-electron chi connectivity index (χ0n) is 15.2. The van der Waals surface area contributed by atoms with Gasteiger partial charge in [-0.2, -0.15) is 0 Å². The lowest BCUT2D eigenvalue weighted by Crippen LogP contribution is -2.36. The number of fused-ring (bicyclic) bond motifs is 1. The Balaban J connectivity index is 1.87. The van der Waals surface area contributed by atoms with Crippen LogP contribution in [-0.2, 0) is 15.0 Å². The van der Waals surface area contributed by atoms with Crippen LogP contribution in [-0.4, -0.2) is 17.9 Å². The molecular weight excluding hydrogens is 398 g/mol. The third-order valence-corrected chi connectivity index (χ3v) is 5.84. The Morgan fingerprint density at radius 2 is 1.90 bits per heavy atom. The largest absolute Gasteiger partial charge is 0.425 e. The Morgan fingerprint density at radius 3 is 2.52 bits per heavy atom. The van der Waals surface area contributed by atoms with E-state index < -0.39 is 35.0 Å². The lowest BCUT2D eigenvalue weighted by Gasteiger charge is -2.27. The third-order valence-electron chi connectivity index (χ3n) is 4.85. The molecule has 1 amide bonds. The fraction of sp³-hybridized carbons (Fsp3) is 0.143. The smallest absolute Gasteiger partial charge is 0.328 e. The predicted octanol–water partition coefficient (Wildman–Crippen LogP) is 3.57. The standard InChI is InChI=1S/C21H16F2N2O3S/c1-11(24)19(26)28-13-6-4-12(5-7-13)21(16-3-2-10-29-16)14-8-9-15(22)17(23)18(14)25-20(21)27/h2-11H,24H2,1H3,(H,25,27)/t11-,21?/m1/s1. The van der Waals surface area contributed by atoms with Gasteiger partial charge in [-0.1, -0.05) is 24.3 Å². The summed E-state index contributed by atoms with van der Waals surface area (Å²) in [5.41, 5.74) is 4.84. The Hall–Kier alpha value is -3.10. The van der Waals surface area contributed by atoms with Crippen LogP contribution >= 0.6 is 11.3 Å². The first kappa shape index (κ1) is 19.2. The zero-order valence-corrected chi connectivity index (χ0v) is 16.1. The van der Waals surface area contributed by atoms with Gasteiger partial charge in [0.2, 0.25) is 5.91 Å². The minimum absolute atomic E-state index is 0.170. The number of carbonyl (C=O) groups is 2. The van der Waals surface area contributed by atoms with Gasteiger partial charge in [0.1, 0.15) is 17.2 Å². The Bertz CT molecular complexity index is 1100. The van der Waals surface area contributed by atoms with Gasteiger partial charge in [0.15, 0.2) is 11.6 Å². The van der Waals surface area contributed by atoms with E-state index in [9.17, 15) is 18.4 Å². The molecular formula is C21H16F2N2O3S. The van der Waals surface area contributed by atoms with E-state index in [1.165, 1.54) is 36.5 Å². The van der Waals surface area contributed by atoms with Gasteiger partial charge in [-0.3, -0.25) is 4.79 Å². The maximum atomic E-state index is 14.4. The topological polar surface area (TPSA) is 81.4 Å². The van der Waals surface area contributed by atoms with Crippen molar-refractivity contribution >= 4 is 28.9 Å². The van der Waals surface area contributed by atoms with Crippen LogP contribution in [0.25, 0.3) is 0 Å². The summed E-state index contributed by atoms with van der Waals surface area (Å²) in [5, 5.41) is 4.30. The molecule has 0 bridgehead atoms. The number of halogens is 2. The van der Waals surface area contributed by atoms with Crippen molar-refractivity contribution in [3.8, 4) is 5.75 Å². The van der Waals surface area contributed by atoms with Crippen LogP contribution in [0.3, 0.4) is 0 Å². The maximum Gasteiger partial charge on any atom is 0.328 e. The van der Waals surface area contributed by atoms with Gasteiger partial charge in [-0.25, -0.2) is 13.6 Å². The molecule has 4 rings (SSSR count). The second kappa shape index (κ2) is 7.06. The van der Waals surface area contributed by atoms with E-state index in [0.29, 0.717) is 16.0 Å². The monoisotopic (exact) mass is 414 g/mol. The number of anilines is 1. The molecule has 0 saturated heterocycles. The number of nitrogens with one attached hydrogen (secondary N) is 1. The summed E-state index contributed by atoms with van der Waals surface area (Å²) < 4.78 is 33.3. The number of ether oxygens (including phenoxy) is 1. The van der Waals surface area contributed by atoms with E-state index in [4.69, 9.17) is 10.5 Å². The first-order valence-electron chi connectivity index (χ1n) is 8.77. The highest BCUT2D eigenvalue weighted by atomic mass is 32.1. The Kier molecular flexibility index (Phi) is 4.68. The highest BCUT2D eigenvalue weighted by molar-refractivity contribution is 7.10. The van der Waals surface area contributed by atoms with Crippen molar-refractivity contribution in [1.82, 2.24) is 0 Å². The molecule has 0 saturated carbocycles. The first-order chi connectivity index (χ1) is 13.9. The number of thiophene rings is 1. The van der Waals surface area contributed by atoms with E-state index in [-0.39, 0.29) is 11.4 Å². The molecule has 148 valence electrons. The SMILES string of the molecule is C[C@@H](N)C(=O)Oc1ccc(C2(c3cccs3)C(=O)Nc3c2ccc(F)c3F)cc1. The molecule has 1 unspecified atom stereocenters. The molecule has 0 spiro atoms. The highest BCUT2D eigenvalue weighted by Crippen LogP contribution is 2.50. The normalized spacial score (nSPS) is 18.8. The van der Waals surface area contributed by atoms with Crippen molar-refractivity contribution in [2.75, 3.05) is 5.32 Å². The van der Waals surface area contributed by atoms with E-state index >= 15 is 0 Å².